The van der Waals surface area contributed by atoms with Crippen molar-refractivity contribution in [3.63, 3.8) is 0 Å². The number of ether oxygens (including phenoxy) is 2. The highest BCUT2D eigenvalue weighted by Gasteiger charge is 2.24. The molecular formula is C24H33BN2O6. The first-order valence-corrected chi connectivity index (χ1v) is 11.1. The molecule has 0 spiro atoms. The Hall–Kier alpha value is -3.04. The molecule has 4 N–H and O–H groups in total. The van der Waals surface area contributed by atoms with Gasteiger partial charge in [-0.25, -0.2) is 4.79 Å². The molecule has 0 bridgehead atoms. The van der Waals surface area contributed by atoms with Gasteiger partial charge in [-0.3, -0.25) is 4.79 Å². The number of carbonyl (C=O) groups is 2. The minimum Gasteiger partial charge on any atom is -0.457 e. The first-order chi connectivity index (χ1) is 15.6. The van der Waals surface area contributed by atoms with Gasteiger partial charge in [0.05, 0.1) is 0 Å². The number of alkyl carbamates (subject to hydrolysis) is 1. The summed E-state index contributed by atoms with van der Waals surface area (Å²) in [4.78, 5) is 25.1. The van der Waals surface area contributed by atoms with Gasteiger partial charge in [-0.05, 0) is 69.9 Å². The Morgan fingerprint density at radius 3 is 2.18 bits per heavy atom. The standard InChI is InChI=1S/C24H33BN2O6/c1-24(2,3)33-23(29)27-21(12-8-5-9-17-25(30)31)22(28)26-18-13-15-20(16-14-18)32-19-10-6-4-7-11-19/h4,6-7,10-11,13-16,21,30-31H,5,8-9,12,17H2,1-3H3,(H,26,28)(H,27,29). The number of carbonyl (C=O) groups excluding carboxylic acids is 2. The monoisotopic (exact) mass is 456 g/mol. The summed E-state index contributed by atoms with van der Waals surface area (Å²) >= 11 is 0. The van der Waals surface area contributed by atoms with Gasteiger partial charge in [0.15, 0.2) is 0 Å². The summed E-state index contributed by atoms with van der Waals surface area (Å²) in [5.41, 5.74) is -0.114. The summed E-state index contributed by atoms with van der Waals surface area (Å²) < 4.78 is 11.0. The molecule has 0 aliphatic heterocycles. The van der Waals surface area contributed by atoms with Crippen molar-refractivity contribution in [1.29, 1.82) is 0 Å². The maximum absolute atomic E-state index is 12.9. The molecule has 0 fully saturated rings. The van der Waals surface area contributed by atoms with E-state index in [1.54, 1.807) is 45.0 Å². The number of para-hydroxylation sites is 1. The molecular weight excluding hydrogens is 423 g/mol. The Balaban J connectivity index is 1.96. The average Bonchev–Trinajstić information content (AvgIpc) is 2.73. The zero-order valence-corrected chi connectivity index (χ0v) is 19.4. The van der Waals surface area contributed by atoms with Gasteiger partial charge in [0.25, 0.3) is 0 Å². The molecule has 1 unspecified atom stereocenters. The highest BCUT2D eigenvalue weighted by molar-refractivity contribution is 6.40. The van der Waals surface area contributed by atoms with Gasteiger partial charge in [-0.1, -0.05) is 37.5 Å². The number of anilines is 1. The molecule has 2 aromatic rings. The summed E-state index contributed by atoms with van der Waals surface area (Å²) in [6, 6.07) is 15.5. The van der Waals surface area contributed by atoms with Crippen LogP contribution in [0, 0.1) is 0 Å². The van der Waals surface area contributed by atoms with E-state index < -0.39 is 24.9 Å². The molecule has 33 heavy (non-hydrogen) atoms. The molecule has 0 saturated heterocycles. The molecule has 0 radical (unpaired) electrons. The van der Waals surface area contributed by atoms with Crippen molar-refractivity contribution in [2.45, 2.75) is 64.4 Å². The molecule has 0 heterocycles. The minimum atomic E-state index is -1.34. The molecule has 2 amide bonds. The zero-order valence-electron chi connectivity index (χ0n) is 19.4. The molecule has 0 aromatic heterocycles. The third-order valence-electron chi connectivity index (χ3n) is 4.56. The van der Waals surface area contributed by atoms with Crippen molar-refractivity contribution in [2.24, 2.45) is 0 Å². The number of amides is 2. The lowest BCUT2D eigenvalue weighted by Gasteiger charge is -2.23. The lowest BCUT2D eigenvalue weighted by Crippen LogP contribution is -2.45. The average molecular weight is 456 g/mol. The fraction of sp³-hybridized carbons (Fsp3) is 0.417. The van der Waals surface area contributed by atoms with Crippen molar-refractivity contribution in [2.75, 3.05) is 5.32 Å². The normalized spacial score (nSPS) is 11.9. The number of rotatable bonds is 11. The minimum absolute atomic E-state index is 0.272. The molecule has 178 valence electrons. The van der Waals surface area contributed by atoms with E-state index in [1.165, 1.54) is 0 Å². The molecule has 2 aromatic carbocycles. The van der Waals surface area contributed by atoms with E-state index >= 15 is 0 Å². The van der Waals surface area contributed by atoms with Gasteiger partial charge in [-0.2, -0.15) is 0 Å². The first kappa shape index (κ1) is 26.2. The first-order valence-electron chi connectivity index (χ1n) is 11.1. The fourth-order valence-corrected chi connectivity index (χ4v) is 3.03. The number of hydrogen-bond donors (Lipinski definition) is 4. The second-order valence-electron chi connectivity index (χ2n) is 8.75. The van der Waals surface area contributed by atoms with Crippen molar-refractivity contribution in [1.82, 2.24) is 5.32 Å². The molecule has 1 atom stereocenters. The lowest BCUT2D eigenvalue weighted by molar-refractivity contribution is -0.118. The van der Waals surface area contributed by atoms with Crippen LogP contribution in [0.4, 0.5) is 10.5 Å². The topological polar surface area (TPSA) is 117 Å². The molecule has 0 aliphatic carbocycles. The van der Waals surface area contributed by atoms with Gasteiger partial charge < -0.3 is 30.2 Å². The molecule has 2 rings (SSSR count). The summed E-state index contributed by atoms with van der Waals surface area (Å²) in [5, 5.41) is 23.4. The second kappa shape index (κ2) is 12.9. The summed E-state index contributed by atoms with van der Waals surface area (Å²) in [6.07, 6.45) is 1.93. The van der Waals surface area contributed by atoms with Crippen LogP contribution in [0.5, 0.6) is 11.5 Å². The van der Waals surface area contributed by atoms with E-state index in [0.29, 0.717) is 42.9 Å². The maximum Gasteiger partial charge on any atom is 0.451 e. The van der Waals surface area contributed by atoms with Crippen LogP contribution in [0.3, 0.4) is 0 Å². The Labute approximate surface area is 195 Å². The maximum atomic E-state index is 12.9. The summed E-state index contributed by atoms with van der Waals surface area (Å²) in [7, 11) is -1.34. The number of benzene rings is 2. The molecule has 9 heteroatoms. The van der Waals surface area contributed by atoms with E-state index in [-0.39, 0.29) is 12.2 Å². The van der Waals surface area contributed by atoms with E-state index in [9.17, 15) is 9.59 Å². The number of hydrogen-bond acceptors (Lipinski definition) is 6. The third kappa shape index (κ3) is 10.9. The van der Waals surface area contributed by atoms with Gasteiger partial charge in [0.1, 0.15) is 23.1 Å². The van der Waals surface area contributed by atoms with E-state index in [4.69, 9.17) is 19.5 Å². The van der Waals surface area contributed by atoms with E-state index in [1.807, 2.05) is 30.3 Å². The predicted molar refractivity (Wildman–Crippen MR) is 128 cm³/mol. The Bertz CT molecular complexity index is 869. The summed E-state index contributed by atoms with van der Waals surface area (Å²) in [5.74, 6) is 0.984. The van der Waals surface area contributed by atoms with Crippen LogP contribution in [0.1, 0.15) is 46.5 Å². The lowest BCUT2D eigenvalue weighted by atomic mass is 9.83. The van der Waals surface area contributed by atoms with Crippen LogP contribution in [0.15, 0.2) is 54.6 Å². The van der Waals surface area contributed by atoms with Crippen LogP contribution >= 0.6 is 0 Å². The highest BCUT2D eigenvalue weighted by Crippen LogP contribution is 2.23. The second-order valence-corrected chi connectivity index (χ2v) is 8.75. The molecule has 8 nitrogen and oxygen atoms in total. The largest absolute Gasteiger partial charge is 0.457 e. The van der Waals surface area contributed by atoms with Crippen molar-refractivity contribution in [3.8, 4) is 11.5 Å². The zero-order chi connectivity index (χ0) is 24.3. The van der Waals surface area contributed by atoms with Crippen LogP contribution < -0.4 is 15.4 Å². The van der Waals surface area contributed by atoms with E-state index in [0.717, 1.165) is 0 Å². The quantitative estimate of drug-likeness (QED) is 0.295. The van der Waals surface area contributed by atoms with Gasteiger partial charge >= 0.3 is 13.2 Å². The van der Waals surface area contributed by atoms with E-state index in [2.05, 4.69) is 10.6 Å². The Morgan fingerprint density at radius 2 is 1.58 bits per heavy atom. The van der Waals surface area contributed by atoms with Crippen LogP contribution in [0.25, 0.3) is 0 Å². The van der Waals surface area contributed by atoms with Crippen LogP contribution in [-0.2, 0) is 9.53 Å². The molecule has 0 aliphatic rings. The van der Waals surface area contributed by atoms with Gasteiger partial charge in [0.2, 0.25) is 5.91 Å². The fourth-order valence-electron chi connectivity index (χ4n) is 3.03. The number of nitrogens with one attached hydrogen (secondary N) is 2. The van der Waals surface area contributed by atoms with Gasteiger partial charge in [-0.15, -0.1) is 0 Å². The predicted octanol–water partition coefficient (Wildman–Crippen LogP) is 4.34. The Morgan fingerprint density at radius 1 is 0.939 bits per heavy atom. The Kier molecular flexibility index (Phi) is 10.2. The third-order valence-corrected chi connectivity index (χ3v) is 4.56. The van der Waals surface area contributed by atoms with Crippen LogP contribution in [-0.4, -0.2) is 40.8 Å². The molecule has 0 saturated carbocycles. The van der Waals surface area contributed by atoms with Crippen LogP contribution in [0.2, 0.25) is 6.32 Å². The number of unbranched alkanes of at least 4 members (excludes halogenated alkanes) is 2. The van der Waals surface area contributed by atoms with Gasteiger partial charge in [0, 0.05) is 5.69 Å². The van der Waals surface area contributed by atoms with Crippen molar-refractivity contribution in [3.05, 3.63) is 54.6 Å². The summed E-state index contributed by atoms with van der Waals surface area (Å²) in [6.45, 7) is 5.25. The van der Waals surface area contributed by atoms with Crippen molar-refractivity contribution >= 4 is 24.8 Å². The van der Waals surface area contributed by atoms with Crippen molar-refractivity contribution < 1.29 is 29.1 Å². The highest BCUT2D eigenvalue weighted by atomic mass is 16.6. The SMILES string of the molecule is CC(C)(C)OC(=O)NC(CCCCCB(O)O)C(=O)Nc1ccc(Oc2ccccc2)cc1. The smallest absolute Gasteiger partial charge is 0.451 e.